The van der Waals surface area contributed by atoms with Crippen molar-refractivity contribution < 1.29 is 4.79 Å². The molecule has 1 amide bonds. The standard InChI is InChI=1S/C17H15N3O/c1-11-15(6-9-20-16(11)17(18)21)14-3-2-12-4-7-19-8-5-13(12)10-14/h2-3,5-10H,4H2,1H3,(H2,18,21). The van der Waals surface area contributed by atoms with E-state index in [1.54, 1.807) is 12.4 Å². The first-order valence-corrected chi connectivity index (χ1v) is 6.73. The van der Waals surface area contributed by atoms with Gasteiger partial charge in [-0.3, -0.25) is 14.8 Å². The van der Waals surface area contributed by atoms with Crippen LogP contribution in [0.2, 0.25) is 0 Å². The van der Waals surface area contributed by atoms with Gasteiger partial charge in [-0.1, -0.05) is 12.1 Å². The molecule has 0 saturated heterocycles. The first kappa shape index (κ1) is 13.2. The summed E-state index contributed by atoms with van der Waals surface area (Å²) < 4.78 is 0. The molecule has 4 heteroatoms. The molecule has 104 valence electrons. The number of nitrogens with zero attached hydrogens (tertiary/aromatic N) is 2. The van der Waals surface area contributed by atoms with Gasteiger partial charge in [0.05, 0.1) is 0 Å². The Labute approximate surface area is 123 Å². The van der Waals surface area contributed by atoms with Crippen LogP contribution in [0.5, 0.6) is 0 Å². The fraction of sp³-hybridized carbons (Fsp3) is 0.118. The molecular weight excluding hydrogens is 262 g/mol. The van der Waals surface area contributed by atoms with Crippen LogP contribution in [0, 0.1) is 6.92 Å². The summed E-state index contributed by atoms with van der Waals surface area (Å²) in [6, 6.07) is 8.16. The molecule has 1 aliphatic rings. The highest BCUT2D eigenvalue weighted by molar-refractivity contribution is 5.94. The lowest BCUT2D eigenvalue weighted by atomic mass is 9.95. The second-order valence-electron chi connectivity index (χ2n) is 4.96. The number of amides is 1. The molecule has 1 aromatic heterocycles. The van der Waals surface area contributed by atoms with Crippen molar-refractivity contribution in [3.8, 4) is 11.1 Å². The number of nitrogens with two attached hydrogens (primary N) is 1. The third-order valence-electron chi connectivity index (χ3n) is 3.65. The summed E-state index contributed by atoms with van der Waals surface area (Å²) >= 11 is 0. The van der Waals surface area contributed by atoms with Crippen LogP contribution in [0.25, 0.3) is 17.2 Å². The highest BCUT2D eigenvalue weighted by Gasteiger charge is 2.12. The molecule has 21 heavy (non-hydrogen) atoms. The Kier molecular flexibility index (Phi) is 3.36. The smallest absolute Gasteiger partial charge is 0.267 e. The summed E-state index contributed by atoms with van der Waals surface area (Å²) in [5.41, 5.74) is 10.9. The fourth-order valence-electron chi connectivity index (χ4n) is 2.54. The number of rotatable bonds is 2. The molecule has 0 bridgehead atoms. The van der Waals surface area contributed by atoms with E-state index < -0.39 is 5.91 Å². The number of aliphatic imine (C=N–C) groups is 1. The topological polar surface area (TPSA) is 68.3 Å². The molecule has 0 spiro atoms. The molecule has 1 aliphatic heterocycles. The summed E-state index contributed by atoms with van der Waals surface area (Å²) in [7, 11) is 0. The largest absolute Gasteiger partial charge is 0.364 e. The second-order valence-corrected chi connectivity index (χ2v) is 4.96. The van der Waals surface area contributed by atoms with Crippen molar-refractivity contribution in [3.63, 3.8) is 0 Å². The maximum Gasteiger partial charge on any atom is 0.267 e. The minimum Gasteiger partial charge on any atom is -0.364 e. The van der Waals surface area contributed by atoms with Crippen molar-refractivity contribution in [2.75, 3.05) is 0 Å². The third kappa shape index (κ3) is 2.48. The van der Waals surface area contributed by atoms with E-state index >= 15 is 0 Å². The molecule has 0 unspecified atom stereocenters. The minimum atomic E-state index is -0.502. The second kappa shape index (κ2) is 5.32. The minimum absolute atomic E-state index is 0.321. The number of benzene rings is 1. The first-order valence-electron chi connectivity index (χ1n) is 6.73. The van der Waals surface area contributed by atoms with Crippen LogP contribution in [0.1, 0.15) is 27.2 Å². The van der Waals surface area contributed by atoms with Crippen LogP contribution in [0.3, 0.4) is 0 Å². The molecule has 0 aliphatic carbocycles. The molecule has 1 aromatic carbocycles. The van der Waals surface area contributed by atoms with E-state index in [-0.39, 0.29) is 0 Å². The van der Waals surface area contributed by atoms with Crippen LogP contribution in [0.15, 0.2) is 41.7 Å². The average molecular weight is 277 g/mol. The summed E-state index contributed by atoms with van der Waals surface area (Å²) in [6.07, 6.45) is 8.13. The molecule has 2 N–H and O–H groups in total. The van der Waals surface area contributed by atoms with Gasteiger partial charge < -0.3 is 5.73 Å². The van der Waals surface area contributed by atoms with Gasteiger partial charge in [0, 0.05) is 25.0 Å². The van der Waals surface area contributed by atoms with Crippen molar-refractivity contribution in [2.24, 2.45) is 10.7 Å². The third-order valence-corrected chi connectivity index (χ3v) is 3.65. The Bertz CT molecular complexity index is 776. The summed E-state index contributed by atoms with van der Waals surface area (Å²) in [5, 5.41) is 0. The molecule has 2 aromatic rings. The lowest BCUT2D eigenvalue weighted by molar-refractivity contribution is 0.0995. The van der Waals surface area contributed by atoms with E-state index in [9.17, 15) is 4.79 Å². The fourth-order valence-corrected chi connectivity index (χ4v) is 2.54. The Morgan fingerprint density at radius 3 is 2.95 bits per heavy atom. The average Bonchev–Trinajstić information content (AvgIpc) is 2.71. The molecular formula is C17H15N3O. The zero-order chi connectivity index (χ0) is 14.8. The van der Waals surface area contributed by atoms with Gasteiger partial charge >= 0.3 is 0 Å². The number of hydrogen-bond donors (Lipinski definition) is 1. The van der Waals surface area contributed by atoms with Crippen LogP contribution in [-0.4, -0.2) is 17.1 Å². The number of hydrogen-bond acceptors (Lipinski definition) is 3. The maximum atomic E-state index is 11.4. The van der Waals surface area contributed by atoms with Crippen LogP contribution < -0.4 is 5.73 Å². The van der Waals surface area contributed by atoms with Crippen molar-refractivity contribution >= 4 is 18.2 Å². The highest BCUT2D eigenvalue weighted by Crippen LogP contribution is 2.27. The number of primary amides is 1. The summed E-state index contributed by atoms with van der Waals surface area (Å²) in [6.45, 7) is 1.87. The zero-order valence-electron chi connectivity index (χ0n) is 11.7. The first-order chi connectivity index (χ1) is 10.2. The van der Waals surface area contributed by atoms with Gasteiger partial charge in [0.1, 0.15) is 5.69 Å². The molecule has 3 rings (SSSR count). The SMILES string of the molecule is Cc1c(-c2ccc3c(c2)C=CN=CC3)ccnc1C(N)=O. The Morgan fingerprint density at radius 1 is 1.29 bits per heavy atom. The Morgan fingerprint density at radius 2 is 2.14 bits per heavy atom. The van der Waals surface area contributed by atoms with Gasteiger partial charge in [0.2, 0.25) is 0 Å². The predicted molar refractivity (Wildman–Crippen MR) is 84.2 cm³/mol. The van der Waals surface area contributed by atoms with Crippen molar-refractivity contribution in [1.29, 1.82) is 0 Å². The molecule has 0 saturated carbocycles. The van der Waals surface area contributed by atoms with Gasteiger partial charge in [-0.25, -0.2) is 0 Å². The Balaban J connectivity index is 2.12. The van der Waals surface area contributed by atoms with Gasteiger partial charge in [0.15, 0.2) is 0 Å². The Hall–Kier alpha value is -2.75. The van der Waals surface area contributed by atoms with E-state index in [0.29, 0.717) is 5.69 Å². The molecule has 2 heterocycles. The van der Waals surface area contributed by atoms with Crippen LogP contribution >= 0.6 is 0 Å². The molecule has 4 nitrogen and oxygen atoms in total. The molecule has 0 fully saturated rings. The lowest BCUT2D eigenvalue weighted by Crippen LogP contribution is -2.15. The number of carbonyl (C=O) groups excluding carboxylic acids is 1. The van der Waals surface area contributed by atoms with Crippen molar-refractivity contribution in [2.45, 2.75) is 13.3 Å². The summed E-state index contributed by atoms with van der Waals surface area (Å²) in [5.74, 6) is -0.502. The monoisotopic (exact) mass is 277 g/mol. The van der Waals surface area contributed by atoms with E-state index in [0.717, 1.165) is 28.7 Å². The van der Waals surface area contributed by atoms with Gasteiger partial charge in [0.25, 0.3) is 5.91 Å². The van der Waals surface area contributed by atoms with Crippen molar-refractivity contribution in [1.82, 2.24) is 4.98 Å². The normalized spacial score (nSPS) is 12.8. The maximum absolute atomic E-state index is 11.4. The lowest BCUT2D eigenvalue weighted by Gasteiger charge is -2.11. The molecule has 0 radical (unpaired) electrons. The van der Waals surface area contributed by atoms with E-state index in [4.69, 9.17) is 5.73 Å². The van der Waals surface area contributed by atoms with Crippen LogP contribution in [0.4, 0.5) is 0 Å². The highest BCUT2D eigenvalue weighted by atomic mass is 16.1. The summed E-state index contributed by atoms with van der Waals surface area (Å²) in [4.78, 5) is 19.6. The molecule has 0 atom stereocenters. The van der Waals surface area contributed by atoms with E-state index in [1.165, 1.54) is 5.56 Å². The zero-order valence-corrected chi connectivity index (χ0v) is 11.7. The van der Waals surface area contributed by atoms with Gasteiger partial charge in [-0.2, -0.15) is 0 Å². The quantitative estimate of drug-likeness (QED) is 0.917. The van der Waals surface area contributed by atoms with Crippen molar-refractivity contribution in [3.05, 3.63) is 59.0 Å². The number of fused-ring (bicyclic) bond motifs is 1. The van der Waals surface area contributed by atoms with E-state index in [1.807, 2.05) is 25.3 Å². The van der Waals surface area contributed by atoms with Crippen LogP contribution in [-0.2, 0) is 6.42 Å². The van der Waals surface area contributed by atoms with Gasteiger partial charge in [-0.05, 0) is 52.9 Å². The number of aromatic nitrogens is 1. The van der Waals surface area contributed by atoms with Gasteiger partial charge in [-0.15, -0.1) is 0 Å². The number of carbonyl (C=O) groups is 1. The predicted octanol–water partition coefficient (Wildman–Crippen LogP) is 2.75. The number of pyridine rings is 1. The van der Waals surface area contributed by atoms with E-state index in [2.05, 4.69) is 28.2 Å².